The average molecular weight is 199 g/mol. The first-order chi connectivity index (χ1) is 6.13. The van der Waals surface area contributed by atoms with E-state index in [4.69, 9.17) is 16.6 Å². The highest BCUT2D eigenvalue weighted by molar-refractivity contribution is 7.80. The lowest BCUT2D eigenvalue weighted by Crippen LogP contribution is -2.27. The fraction of sp³-hybridized carbons (Fsp3) is 0.500. The van der Waals surface area contributed by atoms with E-state index in [9.17, 15) is 0 Å². The van der Waals surface area contributed by atoms with Gasteiger partial charge in [0.1, 0.15) is 5.76 Å². The zero-order chi connectivity index (χ0) is 9.84. The Balaban J connectivity index is 2.59. The molecule has 1 rings (SSSR count). The van der Waals surface area contributed by atoms with Gasteiger partial charge in [0.05, 0.1) is 5.69 Å². The molecule has 4 nitrogen and oxygen atoms in total. The summed E-state index contributed by atoms with van der Waals surface area (Å²) in [6.07, 6.45) is 0. The molecule has 1 heterocycles. The third-order valence-corrected chi connectivity index (χ3v) is 1.83. The van der Waals surface area contributed by atoms with E-state index in [2.05, 4.69) is 15.6 Å². The molecule has 1 aromatic heterocycles. The molecule has 72 valence electrons. The van der Waals surface area contributed by atoms with Crippen molar-refractivity contribution < 1.29 is 4.42 Å². The number of hydrogen-bond donors (Lipinski definition) is 2. The summed E-state index contributed by atoms with van der Waals surface area (Å²) in [6.45, 7) is 6.51. The van der Waals surface area contributed by atoms with Gasteiger partial charge >= 0.3 is 6.01 Å². The van der Waals surface area contributed by atoms with Crippen LogP contribution in [0.15, 0.2) is 4.42 Å². The van der Waals surface area contributed by atoms with Crippen LogP contribution in [0.1, 0.15) is 18.4 Å². The molecule has 0 amide bonds. The van der Waals surface area contributed by atoms with E-state index in [1.165, 1.54) is 0 Å². The van der Waals surface area contributed by atoms with Gasteiger partial charge in [-0.15, -0.1) is 0 Å². The monoisotopic (exact) mass is 199 g/mol. The van der Waals surface area contributed by atoms with Crippen molar-refractivity contribution >= 4 is 23.3 Å². The van der Waals surface area contributed by atoms with E-state index in [-0.39, 0.29) is 0 Å². The number of nitrogens with zero attached hydrogens (tertiary/aromatic N) is 1. The summed E-state index contributed by atoms with van der Waals surface area (Å²) >= 11 is 4.97. The Kier molecular flexibility index (Phi) is 3.25. The van der Waals surface area contributed by atoms with Gasteiger partial charge in [0, 0.05) is 6.54 Å². The van der Waals surface area contributed by atoms with Crippen molar-refractivity contribution in [1.29, 1.82) is 0 Å². The standard InChI is InChI=1S/C8H13N3OS/c1-4-9-8(13)11-7-10-5(2)6(3)12-7/h4H2,1-3H3,(H2,9,10,11,13). The molecule has 0 aliphatic heterocycles. The molecule has 1 aromatic rings. The van der Waals surface area contributed by atoms with E-state index in [0.29, 0.717) is 11.1 Å². The Bertz CT molecular complexity index is 289. The molecule has 0 saturated carbocycles. The van der Waals surface area contributed by atoms with E-state index in [1.807, 2.05) is 20.8 Å². The second-order valence-electron chi connectivity index (χ2n) is 2.65. The molecule has 0 spiro atoms. The molecule has 13 heavy (non-hydrogen) atoms. The Morgan fingerprint density at radius 2 is 2.23 bits per heavy atom. The number of anilines is 1. The molecule has 0 unspecified atom stereocenters. The molecular formula is C8H13N3OS. The molecule has 2 N–H and O–H groups in total. The van der Waals surface area contributed by atoms with Crippen LogP contribution in [0.5, 0.6) is 0 Å². The van der Waals surface area contributed by atoms with E-state index >= 15 is 0 Å². The van der Waals surface area contributed by atoms with Crippen molar-refractivity contribution in [3.05, 3.63) is 11.5 Å². The summed E-state index contributed by atoms with van der Waals surface area (Å²) < 4.78 is 5.28. The molecular weight excluding hydrogens is 186 g/mol. The second kappa shape index (κ2) is 4.23. The van der Waals surface area contributed by atoms with Crippen molar-refractivity contribution in [2.45, 2.75) is 20.8 Å². The molecule has 0 aromatic carbocycles. The van der Waals surface area contributed by atoms with Gasteiger partial charge in [-0.3, -0.25) is 5.32 Å². The highest BCUT2D eigenvalue weighted by Gasteiger charge is 2.05. The molecule has 0 radical (unpaired) electrons. The van der Waals surface area contributed by atoms with Crippen LogP contribution in [0.25, 0.3) is 0 Å². The molecule has 0 atom stereocenters. The van der Waals surface area contributed by atoms with Gasteiger partial charge in [-0.05, 0) is 33.0 Å². The van der Waals surface area contributed by atoms with Gasteiger partial charge in [0.25, 0.3) is 0 Å². The van der Waals surface area contributed by atoms with Gasteiger partial charge in [-0.1, -0.05) is 0 Å². The summed E-state index contributed by atoms with van der Waals surface area (Å²) in [5, 5.41) is 6.32. The third kappa shape index (κ3) is 2.69. The predicted molar refractivity (Wildman–Crippen MR) is 55.9 cm³/mol. The maximum Gasteiger partial charge on any atom is 0.301 e. The molecule has 0 aliphatic rings. The van der Waals surface area contributed by atoms with Gasteiger partial charge in [-0.2, -0.15) is 4.98 Å². The zero-order valence-corrected chi connectivity index (χ0v) is 8.79. The molecule has 0 aliphatic carbocycles. The number of hydrogen-bond acceptors (Lipinski definition) is 3. The average Bonchev–Trinajstić information content (AvgIpc) is 2.31. The molecule has 0 fully saturated rings. The van der Waals surface area contributed by atoms with Crippen LogP contribution in [0.3, 0.4) is 0 Å². The molecule has 5 heteroatoms. The number of thiocarbonyl (C=S) groups is 1. The Morgan fingerprint density at radius 1 is 1.54 bits per heavy atom. The van der Waals surface area contributed by atoms with Gasteiger partial charge in [0.15, 0.2) is 5.11 Å². The van der Waals surface area contributed by atoms with Crippen LogP contribution >= 0.6 is 12.2 Å². The lowest BCUT2D eigenvalue weighted by molar-refractivity contribution is 0.544. The summed E-state index contributed by atoms with van der Waals surface area (Å²) in [5.41, 5.74) is 0.877. The first-order valence-corrected chi connectivity index (χ1v) is 4.53. The predicted octanol–water partition coefficient (Wildman–Crippen LogP) is 1.60. The fourth-order valence-corrected chi connectivity index (χ4v) is 1.06. The SMILES string of the molecule is CCNC(=S)Nc1nc(C)c(C)o1. The van der Waals surface area contributed by atoms with Crippen LogP contribution in [-0.4, -0.2) is 16.6 Å². The topological polar surface area (TPSA) is 50.1 Å². The lowest BCUT2D eigenvalue weighted by atomic mass is 10.4. The summed E-state index contributed by atoms with van der Waals surface area (Å²) in [6, 6.07) is 0.445. The van der Waals surface area contributed by atoms with Crippen LogP contribution in [0.2, 0.25) is 0 Å². The molecule has 0 saturated heterocycles. The molecule has 0 bridgehead atoms. The normalized spacial score (nSPS) is 9.77. The van der Waals surface area contributed by atoms with Crippen LogP contribution in [0, 0.1) is 13.8 Å². The number of rotatable bonds is 2. The Morgan fingerprint density at radius 3 is 2.69 bits per heavy atom. The minimum absolute atomic E-state index is 0.445. The third-order valence-electron chi connectivity index (χ3n) is 1.59. The maximum absolute atomic E-state index is 5.28. The lowest BCUT2D eigenvalue weighted by Gasteiger charge is -2.03. The highest BCUT2D eigenvalue weighted by atomic mass is 32.1. The number of aromatic nitrogens is 1. The summed E-state index contributed by atoms with van der Waals surface area (Å²) in [7, 11) is 0. The van der Waals surface area contributed by atoms with Crippen LogP contribution in [0.4, 0.5) is 6.01 Å². The summed E-state index contributed by atoms with van der Waals surface area (Å²) in [4.78, 5) is 4.13. The minimum atomic E-state index is 0.445. The Labute approximate surface area is 82.7 Å². The number of aryl methyl sites for hydroxylation is 2. The van der Waals surface area contributed by atoms with Crippen molar-refractivity contribution in [2.75, 3.05) is 11.9 Å². The number of nitrogens with one attached hydrogen (secondary N) is 2. The highest BCUT2D eigenvalue weighted by Crippen LogP contribution is 2.12. The van der Waals surface area contributed by atoms with Crippen molar-refractivity contribution in [3.63, 3.8) is 0 Å². The van der Waals surface area contributed by atoms with E-state index in [1.54, 1.807) is 0 Å². The van der Waals surface area contributed by atoms with Crippen LogP contribution in [-0.2, 0) is 0 Å². The van der Waals surface area contributed by atoms with E-state index in [0.717, 1.165) is 18.0 Å². The van der Waals surface area contributed by atoms with Crippen molar-refractivity contribution in [2.24, 2.45) is 0 Å². The quantitative estimate of drug-likeness (QED) is 0.708. The van der Waals surface area contributed by atoms with Crippen molar-refractivity contribution in [3.8, 4) is 0 Å². The number of oxazole rings is 1. The minimum Gasteiger partial charge on any atom is -0.429 e. The van der Waals surface area contributed by atoms with E-state index < -0.39 is 0 Å². The van der Waals surface area contributed by atoms with Gasteiger partial charge in [0.2, 0.25) is 0 Å². The largest absolute Gasteiger partial charge is 0.429 e. The fourth-order valence-electron chi connectivity index (χ4n) is 0.828. The zero-order valence-electron chi connectivity index (χ0n) is 7.97. The first kappa shape index (κ1) is 9.98. The Hall–Kier alpha value is -1.10. The second-order valence-corrected chi connectivity index (χ2v) is 3.05. The van der Waals surface area contributed by atoms with Crippen molar-refractivity contribution in [1.82, 2.24) is 10.3 Å². The van der Waals surface area contributed by atoms with Crippen LogP contribution < -0.4 is 10.6 Å². The van der Waals surface area contributed by atoms with Gasteiger partial charge < -0.3 is 9.73 Å². The maximum atomic E-state index is 5.28. The smallest absolute Gasteiger partial charge is 0.301 e. The summed E-state index contributed by atoms with van der Waals surface area (Å²) in [5.74, 6) is 0.807. The first-order valence-electron chi connectivity index (χ1n) is 4.12. The van der Waals surface area contributed by atoms with Gasteiger partial charge in [-0.25, -0.2) is 0 Å².